The normalized spacial score (nSPS) is 16.2. The molecule has 1 aliphatic rings. The predicted molar refractivity (Wildman–Crippen MR) is 124 cm³/mol. The number of aliphatic hydroxyl groups is 1. The van der Waals surface area contributed by atoms with E-state index in [0.717, 1.165) is 28.3 Å². The third-order valence-electron chi connectivity index (χ3n) is 5.73. The number of aromatic nitrogens is 3. The molecule has 186 valence electrons. The molecule has 0 amide bonds. The number of piperidine rings is 1. The van der Waals surface area contributed by atoms with E-state index in [1.165, 1.54) is 18.4 Å². The lowest BCUT2D eigenvalue weighted by atomic mass is 9.92. The van der Waals surface area contributed by atoms with Gasteiger partial charge < -0.3 is 15.2 Å². The number of ether oxygens (including phenoxy) is 1. The molecule has 2 aromatic heterocycles. The quantitative estimate of drug-likeness (QED) is 0.481. The molecule has 4 rings (SSSR count). The number of hydrogen-bond acceptors (Lipinski definition) is 9. The number of nitrogens with zero attached hydrogens (tertiary/aromatic N) is 4. The molecule has 0 atom stereocenters. The van der Waals surface area contributed by atoms with Crippen LogP contribution in [-0.2, 0) is 21.3 Å². The smallest absolute Gasteiger partial charge is 0.433 e. The first-order chi connectivity index (χ1) is 16.6. The van der Waals surface area contributed by atoms with Crippen molar-refractivity contribution in [1.82, 2.24) is 19.9 Å². The van der Waals surface area contributed by atoms with E-state index in [9.17, 15) is 23.1 Å². The van der Waals surface area contributed by atoms with Crippen molar-refractivity contribution in [2.45, 2.75) is 31.5 Å². The summed E-state index contributed by atoms with van der Waals surface area (Å²) in [4.78, 5) is 26.1. The second-order valence-electron chi connectivity index (χ2n) is 8.39. The fourth-order valence-corrected chi connectivity index (χ4v) is 4.92. The summed E-state index contributed by atoms with van der Waals surface area (Å²) < 4.78 is 43.6. The van der Waals surface area contributed by atoms with Crippen LogP contribution in [0.25, 0.3) is 10.4 Å². The van der Waals surface area contributed by atoms with E-state index in [1.807, 2.05) is 17.9 Å². The Morgan fingerprint density at radius 2 is 2.00 bits per heavy atom. The summed E-state index contributed by atoms with van der Waals surface area (Å²) in [5.41, 5.74) is 0.0911. The third kappa shape index (κ3) is 5.95. The van der Waals surface area contributed by atoms with Crippen molar-refractivity contribution in [3.05, 3.63) is 52.9 Å². The van der Waals surface area contributed by atoms with Gasteiger partial charge in [-0.1, -0.05) is 6.07 Å². The lowest BCUT2D eigenvalue weighted by Crippen LogP contribution is -2.44. The number of alkyl halides is 3. The number of anilines is 2. The number of methoxy groups -OCH3 is 1. The Labute approximate surface area is 203 Å². The molecule has 2 N–H and O–H groups in total. The highest BCUT2D eigenvalue weighted by Gasteiger charge is 2.37. The molecule has 12 heteroatoms. The van der Waals surface area contributed by atoms with Gasteiger partial charge in [-0.2, -0.15) is 13.2 Å². The maximum atomic E-state index is 13.0. The van der Waals surface area contributed by atoms with Crippen LogP contribution in [0.15, 0.2) is 36.7 Å². The van der Waals surface area contributed by atoms with Gasteiger partial charge in [0.25, 0.3) is 0 Å². The van der Waals surface area contributed by atoms with Gasteiger partial charge in [0, 0.05) is 31.2 Å². The van der Waals surface area contributed by atoms with Crippen molar-refractivity contribution in [1.29, 1.82) is 0 Å². The van der Waals surface area contributed by atoms with Crippen LogP contribution >= 0.6 is 11.3 Å². The molecule has 1 fully saturated rings. The van der Waals surface area contributed by atoms with Crippen LogP contribution in [0.2, 0.25) is 0 Å². The lowest BCUT2D eigenvalue weighted by molar-refractivity contribution is -0.143. The molecule has 1 aromatic carbocycles. The predicted octanol–water partition coefficient (Wildman–Crippen LogP) is 4.13. The minimum absolute atomic E-state index is 0.158. The van der Waals surface area contributed by atoms with Crippen LogP contribution in [0.4, 0.5) is 24.8 Å². The molecule has 8 nitrogen and oxygen atoms in total. The fourth-order valence-electron chi connectivity index (χ4n) is 3.87. The second kappa shape index (κ2) is 9.88. The number of aryl methyl sites for hydroxylation is 1. The van der Waals surface area contributed by atoms with Crippen molar-refractivity contribution in [2.24, 2.45) is 0 Å². The monoisotopic (exact) mass is 507 g/mol. The van der Waals surface area contributed by atoms with Gasteiger partial charge >= 0.3 is 12.1 Å². The summed E-state index contributed by atoms with van der Waals surface area (Å²) in [7, 11) is 1.35. The van der Waals surface area contributed by atoms with Crippen LogP contribution < -0.4 is 5.32 Å². The lowest BCUT2D eigenvalue weighted by Gasteiger charge is -2.36. The molecule has 3 aromatic rings. The summed E-state index contributed by atoms with van der Waals surface area (Å²) >= 11 is 1.36. The average molecular weight is 508 g/mol. The summed E-state index contributed by atoms with van der Waals surface area (Å²) in [5, 5.41) is 14.6. The Balaban J connectivity index is 1.50. The van der Waals surface area contributed by atoms with E-state index >= 15 is 0 Å². The zero-order chi connectivity index (χ0) is 25.2. The number of likely N-dealkylation sites (tertiary alicyclic amines) is 1. The van der Waals surface area contributed by atoms with E-state index in [-0.39, 0.29) is 18.5 Å². The van der Waals surface area contributed by atoms with E-state index in [0.29, 0.717) is 36.6 Å². The minimum atomic E-state index is -4.56. The molecule has 1 saturated heterocycles. The number of hydrogen-bond donors (Lipinski definition) is 2. The highest BCUT2D eigenvalue weighted by atomic mass is 32.1. The van der Waals surface area contributed by atoms with Crippen LogP contribution in [0.5, 0.6) is 0 Å². The van der Waals surface area contributed by atoms with Crippen LogP contribution in [0.3, 0.4) is 0 Å². The molecule has 0 aliphatic carbocycles. The summed E-state index contributed by atoms with van der Waals surface area (Å²) in [6.45, 7) is 3.13. The van der Waals surface area contributed by atoms with Gasteiger partial charge in [-0.25, -0.2) is 15.0 Å². The van der Waals surface area contributed by atoms with Crippen molar-refractivity contribution >= 4 is 28.9 Å². The first kappa shape index (κ1) is 25.0. The number of nitrogens with one attached hydrogen (secondary N) is 1. The zero-order valence-electron chi connectivity index (χ0n) is 19.1. The molecule has 0 unspecified atom stereocenters. The molecular weight excluding hydrogens is 483 g/mol. The van der Waals surface area contributed by atoms with Crippen LogP contribution in [0.1, 0.15) is 29.1 Å². The maximum absolute atomic E-state index is 13.0. The first-order valence-corrected chi connectivity index (χ1v) is 11.6. The van der Waals surface area contributed by atoms with E-state index < -0.39 is 17.5 Å². The largest absolute Gasteiger partial charge is 0.468 e. The molecule has 1 aliphatic heterocycles. The second-order valence-corrected chi connectivity index (χ2v) is 9.42. The maximum Gasteiger partial charge on any atom is 0.433 e. The van der Waals surface area contributed by atoms with Gasteiger partial charge in [0.15, 0.2) is 0 Å². The van der Waals surface area contributed by atoms with E-state index in [1.54, 1.807) is 18.3 Å². The topological polar surface area (TPSA) is 100 Å². The van der Waals surface area contributed by atoms with Crippen LogP contribution in [0, 0.1) is 6.92 Å². The molecular formula is C23H24F3N5O3S. The number of benzene rings is 1. The van der Waals surface area contributed by atoms with Gasteiger partial charge in [0.05, 0.1) is 18.5 Å². The average Bonchev–Trinajstić information content (AvgIpc) is 3.31. The Morgan fingerprint density at radius 1 is 1.26 bits per heavy atom. The Kier molecular flexibility index (Phi) is 7.06. The Hall–Kier alpha value is -3.09. The molecule has 0 saturated carbocycles. The highest BCUT2D eigenvalue weighted by Crippen LogP contribution is 2.39. The Morgan fingerprint density at radius 3 is 2.69 bits per heavy atom. The fraction of sp³-hybridized carbons (Fsp3) is 0.391. The van der Waals surface area contributed by atoms with Gasteiger partial charge in [0.1, 0.15) is 16.3 Å². The summed E-state index contributed by atoms with van der Waals surface area (Å²) in [5.74, 6) is -0.472. The van der Waals surface area contributed by atoms with Gasteiger partial charge in [-0.15, -0.1) is 11.3 Å². The van der Waals surface area contributed by atoms with E-state index in [4.69, 9.17) is 4.74 Å². The molecule has 0 spiro atoms. The van der Waals surface area contributed by atoms with Gasteiger partial charge in [-0.05, 0) is 49.1 Å². The van der Waals surface area contributed by atoms with E-state index in [2.05, 4.69) is 20.3 Å². The highest BCUT2D eigenvalue weighted by molar-refractivity contribution is 7.15. The number of carbonyl (C=O) groups is 1. The molecule has 3 heterocycles. The molecule has 35 heavy (non-hydrogen) atoms. The number of rotatable bonds is 6. The number of halogens is 3. The van der Waals surface area contributed by atoms with Crippen molar-refractivity contribution in [2.75, 3.05) is 32.1 Å². The number of carbonyl (C=O) groups excluding carboxylic acids is 1. The van der Waals surface area contributed by atoms with Gasteiger partial charge in [-0.3, -0.25) is 9.69 Å². The first-order valence-electron chi connectivity index (χ1n) is 10.8. The van der Waals surface area contributed by atoms with Crippen molar-refractivity contribution in [3.63, 3.8) is 0 Å². The number of thiazole rings is 1. The zero-order valence-corrected chi connectivity index (χ0v) is 19.9. The minimum Gasteiger partial charge on any atom is -0.468 e. The standard InChI is InChI=1S/C23H24F3N5O3S/c1-14-9-15(11-16(10-14)29-21-27-6-3-18(30-21)23(24,25)26)17-12-28-20(35-17)22(33)4-7-31(8-5-22)13-19(32)34-2/h3,6,9-12,33H,4-5,7-8,13H2,1-2H3,(H,27,29,30). The molecule has 0 radical (unpaired) electrons. The van der Waals surface area contributed by atoms with Crippen molar-refractivity contribution < 1.29 is 27.8 Å². The molecule has 0 bridgehead atoms. The number of esters is 1. The summed E-state index contributed by atoms with van der Waals surface area (Å²) in [6.07, 6.45) is -0.958. The summed E-state index contributed by atoms with van der Waals surface area (Å²) in [6, 6.07) is 6.30. The third-order valence-corrected chi connectivity index (χ3v) is 6.97. The van der Waals surface area contributed by atoms with Crippen LogP contribution in [-0.4, -0.2) is 57.7 Å². The van der Waals surface area contributed by atoms with Gasteiger partial charge in [0.2, 0.25) is 5.95 Å². The van der Waals surface area contributed by atoms with Crippen molar-refractivity contribution in [3.8, 4) is 10.4 Å². The Bertz CT molecular complexity index is 1210. The SMILES string of the molecule is COC(=O)CN1CCC(O)(c2ncc(-c3cc(C)cc(Nc4nccc(C(F)(F)F)n4)c3)s2)CC1.